The molecule has 0 aliphatic carbocycles. The fraction of sp³-hybridized carbons (Fsp3) is 0.571. The number of alkyl carbamates (subject to hydrolysis) is 1. The second-order valence-corrected chi connectivity index (χ2v) is 8.87. The van der Waals surface area contributed by atoms with E-state index < -0.39 is 35.0 Å². The van der Waals surface area contributed by atoms with Gasteiger partial charge in [-0.25, -0.2) is 4.79 Å². The van der Waals surface area contributed by atoms with Crippen LogP contribution in [0.2, 0.25) is 5.02 Å². The molecule has 0 spiro atoms. The van der Waals surface area contributed by atoms with Crippen LogP contribution in [-0.2, 0) is 25.5 Å². The molecule has 0 bridgehead atoms. The van der Waals surface area contributed by atoms with Crippen molar-refractivity contribution in [3.8, 4) is 5.75 Å². The number of benzene rings is 1. The highest BCUT2D eigenvalue weighted by Crippen LogP contribution is 2.25. The van der Waals surface area contributed by atoms with E-state index in [0.29, 0.717) is 16.3 Å². The lowest BCUT2D eigenvalue weighted by Crippen LogP contribution is -2.51. The summed E-state index contributed by atoms with van der Waals surface area (Å²) in [6, 6.07) is 4.15. The second-order valence-electron chi connectivity index (χ2n) is 8.47. The van der Waals surface area contributed by atoms with Gasteiger partial charge < -0.3 is 24.8 Å². The molecule has 0 saturated carbocycles. The Morgan fingerprint density at radius 2 is 1.73 bits per heavy atom. The summed E-state index contributed by atoms with van der Waals surface area (Å²) < 4.78 is 15.2. The minimum Gasteiger partial charge on any atom is -0.495 e. The molecule has 0 saturated heterocycles. The highest BCUT2D eigenvalue weighted by atomic mass is 35.5. The number of carbonyl (C=O) groups is 3. The number of ether oxygens (including phenoxy) is 3. The number of carbonyl (C=O) groups excluding carboxylic acids is 3. The molecule has 0 aliphatic heterocycles. The van der Waals surface area contributed by atoms with E-state index in [-0.39, 0.29) is 13.0 Å². The zero-order chi connectivity index (χ0) is 23.1. The van der Waals surface area contributed by atoms with E-state index in [0.717, 1.165) is 0 Å². The Hall–Kier alpha value is -2.48. The van der Waals surface area contributed by atoms with Crippen LogP contribution in [-0.4, -0.2) is 50.4 Å². The van der Waals surface area contributed by atoms with Crippen LogP contribution in [0.15, 0.2) is 18.2 Å². The molecular weight excluding hydrogens is 412 g/mol. The topological polar surface area (TPSA) is 103 Å². The predicted molar refractivity (Wildman–Crippen MR) is 114 cm³/mol. The molecule has 0 aliphatic rings. The maximum atomic E-state index is 12.8. The van der Waals surface area contributed by atoms with Crippen molar-refractivity contribution in [3.05, 3.63) is 28.8 Å². The Bertz CT molecular complexity index is 773. The van der Waals surface area contributed by atoms with Gasteiger partial charge in [-0.1, -0.05) is 17.7 Å². The Labute approximate surface area is 182 Å². The molecule has 2 N–H and O–H groups in total. The number of rotatable bonds is 8. The van der Waals surface area contributed by atoms with E-state index in [4.69, 9.17) is 25.8 Å². The van der Waals surface area contributed by atoms with Gasteiger partial charge in [-0.3, -0.25) is 9.59 Å². The number of methoxy groups -OCH3 is 2. The van der Waals surface area contributed by atoms with Crippen LogP contribution in [0, 0.1) is 5.41 Å². The first kappa shape index (κ1) is 25.6. The van der Waals surface area contributed by atoms with Gasteiger partial charge in [-0.05, 0) is 52.3 Å². The first-order valence-corrected chi connectivity index (χ1v) is 9.85. The van der Waals surface area contributed by atoms with Crippen LogP contribution in [0.5, 0.6) is 5.75 Å². The number of esters is 1. The molecule has 0 radical (unpaired) electrons. The number of nitrogens with one attached hydrogen (secondary N) is 2. The van der Waals surface area contributed by atoms with E-state index in [1.807, 2.05) is 0 Å². The normalized spacial score (nSPS) is 12.5. The van der Waals surface area contributed by atoms with E-state index in [2.05, 4.69) is 10.6 Å². The fourth-order valence-electron chi connectivity index (χ4n) is 2.51. The third-order valence-corrected chi connectivity index (χ3v) is 4.40. The molecule has 168 valence electrons. The molecule has 0 heterocycles. The van der Waals surface area contributed by atoms with E-state index in [1.165, 1.54) is 14.2 Å². The average molecular weight is 443 g/mol. The number of amides is 2. The van der Waals surface area contributed by atoms with Gasteiger partial charge in [0.05, 0.1) is 24.7 Å². The lowest BCUT2D eigenvalue weighted by Gasteiger charge is -2.26. The number of halogens is 1. The van der Waals surface area contributed by atoms with Crippen molar-refractivity contribution in [2.45, 2.75) is 52.7 Å². The molecule has 1 aromatic carbocycles. The number of hydrogen-bond donors (Lipinski definition) is 2. The summed E-state index contributed by atoms with van der Waals surface area (Å²) >= 11 is 6.17. The van der Waals surface area contributed by atoms with Crippen molar-refractivity contribution in [2.24, 2.45) is 5.41 Å². The first-order valence-electron chi connectivity index (χ1n) is 9.47. The molecule has 2 amide bonds. The Morgan fingerprint density at radius 3 is 2.23 bits per heavy atom. The van der Waals surface area contributed by atoms with Crippen LogP contribution in [0.1, 0.15) is 40.2 Å². The summed E-state index contributed by atoms with van der Waals surface area (Å²) in [6.45, 7) is 8.52. The minimum absolute atomic E-state index is 0.0361. The Balaban J connectivity index is 2.99. The fourth-order valence-corrected chi connectivity index (χ4v) is 2.79. The molecule has 9 heteroatoms. The monoisotopic (exact) mass is 442 g/mol. The van der Waals surface area contributed by atoms with Gasteiger partial charge in [0.15, 0.2) is 0 Å². The lowest BCUT2D eigenvalue weighted by atomic mass is 9.93. The first-order chi connectivity index (χ1) is 13.8. The molecule has 0 fully saturated rings. The van der Waals surface area contributed by atoms with Gasteiger partial charge in [-0.2, -0.15) is 0 Å². The highest BCUT2D eigenvalue weighted by molar-refractivity contribution is 6.32. The van der Waals surface area contributed by atoms with Crippen molar-refractivity contribution >= 4 is 29.6 Å². The zero-order valence-corrected chi connectivity index (χ0v) is 19.3. The summed E-state index contributed by atoms with van der Waals surface area (Å²) in [7, 11) is 2.79. The smallest absolute Gasteiger partial charge is 0.408 e. The van der Waals surface area contributed by atoms with Crippen LogP contribution in [0.4, 0.5) is 4.79 Å². The van der Waals surface area contributed by atoms with Crippen molar-refractivity contribution in [2.75, 3.05) is 20.8 Å². The molecule has 1 atom stereocenters. The predicted octanol–water partition coefficient (Wildman–Crippen LogP) is 3.10. The largest absolute Gasteiger partial charge is 0.495 e. The van der Waals surface area contributed by atoms with Gasteiger partial charge in [0.25, 0.3) is 0 Å². The molecule has 1 aromatic rings. The molecule has 30 heavy (non-hydrogen) atoms. The maximum Gasteiger partial charge on any atom is 0.408 e. The van der Waals surface area contributed by atoms with Gasteiger partial charge in [0.2, 0.25) is 5.91 Å². The maximum absolute atomic E-state index is 12.8. The van der Waals surface area contributed by atoms with Crippen LogP contribution in [0.3, 0.4) is 0 Å². The van der Waals surface area contributed by atoms with Gasteiger partial charge >= 0.3 is 12.1 Å². The third-order valence-electron chi connectivity index (χ3n) is 4.11. The van der Waals surface area contributed by atoms with Crippen molar-refractivity contribution in [3.63, 3.8) is 0 Å². The minimum atomic E-state index is -0.947. The third kappa shape index (κ3) is 8.10. The quantitative estimate of drug-likeness (QED) is 0.599. The van der Waals surface area contributed by atoms with Crippen molar-refractivity contribution in [1.82, 2.24) is 10.6 Å². The molecule has 8 nitrogen and oxygen atoms in total. The molecular formula is C21H31ClN2O6. The van der Waals surface area contributed by atoms with Gasteiger partial charge in [0.1, 0.15) is 17.4 Å². The Morgan fingerprint density at radius 1 is 1.10 bits per heavy atom. The van der Waals surface area contributed by atoms with Crippen molar-refractivity contribution < 1.29 is 28.6 Å². The van der Waals surface area contributed by atoms with Gasteiger partial charge in [0, 0.05) is 13.0 Å². The molecule has 1 rings (SSSR count). The second kappa shape index (κ2) is 10.5. The standard InChI is InChI=1S/C21H31ClN2O6/c1-20(2,3)30-19(27)24-15(11-13-8-9-16(28-6)14(22)10-13)17(25)23-12-21(4,5)18(26)29-7/h8-10,15H,11-12H2,1-7H3,(H,23,25)(H,24,27)/t15-/m1/s1. The summed E-state index contributed by atoms with van der Waals surface area (Å²) in [5.41, 5.74) is -0.935. The zero-order valence-electron chi connectivity index (χ0n) is 18.6. The van der Waals surface area contributed by atoms with E-state index >= 15 is 0 Å². The van der Waals surface area contributed by atoms with Crippen LogP contribution in [0.25, 0.3) is 0 Å². The molecule has 0 aromatic heterocycles. The van der Waals surface area contributed by atoms with E-state index in [9.17, 15) is 14.4 Å². The van der Waals surface area contributed by atoms with Crippen LogP contribution < -0.4 is 15.4 Å². The summed E-state index contributed by atoms with van der Waals surface area (Å²) in [6.07, 6.45) is -0.567. The summed E-state index contributed by atoms with van der Waals surface area (Å²) in [5.74, 6) is -0.424. The highest BCUT2D eigenvalue weighted by Gasteiger charge is 2.31. The van der Waals surface area contributed by atoms with Gasteiger partial charge in [-0.15, -0.1) is 0 Å². The van der Waals surface area contributed by atoms with Crippen LogP contribution >= 0.6 is 11.6 Å². The molecule has 0 unspecified atom stereocenters. The lowest BCUT2D eigenvalue weighted by molar-refractivity contribution is -0.150. The SMILES string of the molecule is COC(=O)C(C)(C)CNC(=O)[C@@H](Cc1ccc(OC)c(Cl)c1)NC(=O)OC(C)(C)C. The van der Waals surface area contributed by atoms with Crippen molar-refractivity contribution in [1.29, 1.82) is 0 Å². The Kier molecular flexibility index (Phi) is 8.96. The number of hydrogen-bond acceptors (Lipinski definition) is 6. The van der Waals surface area contributed by atoms with E-state index in [1.54, 1.807) is 52.8 Å². The summed E-state index contributed by atoms with van der Waals surface area (Å²) in [4.78, 5) is 36.9. The average Bonchev–Trinajstić information content (AvgIpc) is 2.63. The summed E-state index contributed by atoms with van der Waals surface area (Å²) in [5, 5.41) is 5.67.